The molecular weight excluding hydrogens is 358 g/mol. The average molecular weight is 380 g/mol. The minimum absolute atomic E-state index is 0.264. The van der Waals surface area contributed by atoms with E-state index in [4.69, 9.17) is 16.3 Å². The fourth-order valence-electron chi connectivity index (χ4n) is 2.39. The molecule has 1 aromatic heterocycles. The number of amides is 1. The van der Waals surface area contributed by atoms with Crippen LogP contribution in [0.5, 0.6) is 0 Å². The molecular formula is C19H22ClNO3S. The zero-order valence-electron chi connectivity index (χ0n) is 14.4. The van der Waals surface area contributed by atoms with Gasteiger partial charge >= 0.3 is 5.97 Å². The Morgan fingerprint density at radius 1 is 1.20 bits per heavy atom. The standard InChI is InChI=1S/C19H22ClNO3S/c1-3-4-15-11-17(25-13(15)2)19(23)24-12-18(22)21-10-9-14-5-7-16(20)8-6-14/h5-8,11H,3-4,9-10,12H2,1-2H3,(H,21,22). The summed E-state index contributed by atoms with van der Waals surface area (Å²) in [6, 6.07) is 9.33. The summed E-state index contributed by atoms with van der Waals surface area (Å²) in [7, 11) is 0. The molecule has 25 heavy (non-hydrogen) atoms. The summed E-state index contributed by atoms with van der Waals surface area (Å²) in [6.07, 6.45) is 2.67. The summed E-state index contributed by atoms with van der Waals surface area (Å²) in [5, 5.41) is 3.43. The summed E-state index contributed by atoms with van der Waals surface area (Å²) in [6.45, 7) is 4.32. The molecule has 1 aromatic carbocycles. The number of esters is 1. The number of benzene rings is 1. The number of nitrogens with one attached hydrogen (secondary N) is 1. The smallest absolute Gasteiger partial charge is 0.348 e. The van der Waals surface area contributed by atoms with Crippen molar-refractivity contribution in [2.45, 2.75) is 33.1 Å². The van der Waals surface area contributed by atoms with Crippen LogP contribution in [-0.4, -0.2) is 25.0 Å². The molecule has 0 saturated heterocycles. The number of carbonyl (C=O) groups excluding carboxylic acids is 2. The molecule has 6 heteroatoms. The van der Waals surface area contributed by atoms with Crippen LogP contribution in [0.3, 0.4) is 0 Å². The molecule has 1 N–H and O–H groups in total. The quantitative estimate of drug-likeness (QED) is 0.700. The molecule has 2 rings (SSSR count). The first-order chi connectivity index (χ1) is 12.0. The van der Waals surface area contributed by atoms with Crippen molar-refractivity contribution < 1.29 is 14.3 Å². The van der Waals surface area contributed by atoms with Gasteiger partial charge in [0.1, 0.15) is 4.88 Å². The normalized spacial score (nSPS) is 10.5. The fraction of sp³-hybridized carbons (Fsp3) is 0.368. The molecule has 0 atom stereocenters. The van der Waals surface area contributed by atoms with Gasteiger partial charge in [-0.3, -0.25) is 4.79 Å². The number of ether oxygens (including phenoxy) is 1. The number of halogens is 1. The van der Waals surface area contributed by atoms with E-state index in [0.717, 1.165) is 23.3 Å². The van der Waals surface area contributed by atoms with Gasteiger partial charge in [0.05, 0.1) is 0 Å². The van der Waals surface area contributed by atoms with Crippen LogP contribution in [-0.2, 0) is 22.4 Å². The van der Waals surface area contributed by atoms with Crippen LogP contribution >= 0.6 is 22.9 Å². The Labute approximate surface area is 157 Å². The zero-order chi connectivity index (χ0) is 18.2. The van der Waals surface area contributed by atoms with E-state index in [0.29, 0.717) is 22.9 Å². The second-order valence-corrected chi connectivity index (χ2v) is 7.44. The maximum Gasteiger partial charge on any atom is 0.348 e. The third kappa shape index (κ3) is 6.18. The van der Waals surface area contributed by atoms with Gasteiger partial charge in [0.15, 0.2) is 6.61 Å². The number of carbonyl (C=O) groups is 2. The van der Waals surface area contributed by atoms with Gasteiger partial charge in [0, 0.05) is 16.4 Å². The molecule has 0 saturated carbocycles. The molecule has 1 heterocycles. The van der Waals surface area contributed by atoms with Crippen molar-refractivity contribution in [2.75, 3.05) is 13.2 Å². The average Bonchev–Trinajstić information content (AvgIpc) is 2.96. The maximum absolute atomic E-state index is 12.0. The lowest BCUT2D eigenvalue weighted by Crippen LogP contribution is -2.30. The van der Waals surface area contributed by atoms with E-state index in [-0.39, 0.29) is 12.5 Å². The summed E-state index contributed by atoms with van der Waals surface area (Å²) >= 11 is 7.24. The van der Waals surface area contributed by atoms with Crippen molar-refractivity contribution in [3.05, 3.63) is 56.2 Å². The minimum Gasteiger partial charge on any atom is -0.451 e. The Bertz CT molecular complexity index is 725. The van der Waals surface area contributed by atoms with E-state index >= 15 is 0 Å². The van der Waals surface area contributed by atoms with E-state index in [2.05, 4.69) is 12.2 Å². The number of hydrogen-bond acceptors (Lipinski definition) is 4. The van der Waals surface area contributed by atoms with Crippen LogP contribution in [0.15, 0.2) is 30.3 Å². The van der Waals surface area contributed by atoms with Crippen molar-refractivity contribution in [1.29, 1.82) is 0 Å². The second kappa shape index (κ2) is 9.59. The van der Waals surface area contributed by atoms with Crippen molar-refractivity contribution in [3.63, 3.8) is 0 Å². The topological polar surface area (TPSA) is 55.4 Å². The lowest BCUT2D eigenvalue weighted by Gasteiger charge is -2.06. The van der Waals surface area contributed by atoms with Gasteiger partial charge in [0.2, 0.25) is 0 Å². The van der Waals surface area contributed by atoms with E-state index in [1.54, 1.807) is 0 Å². The highest BCUT2D eigenvalue weighted by Gasteiger charge is 2.14. The van der Waals surface area contributed by atoms with Crippen LogP contribution < -0.4 is 5.32 Å². The Morgan fingerprint density at radius 2 is 1.92 bits per heavy atom. The van der Waals surface area contributed by atoms with E-state index in [1.165, 1.54) is 16.9 Å². The predicted octanol–water partition coefficient (Wildman–Crippen LogP) is 4.18. The molecule has 2 aromatic rings. The van der Waals surface area contributed by atoms with E-state index in [1.807, 2.05) is 37.3 Å². The van der Waals surface area contributed by atoms with Crippen LogP contribution in [0, 0.1) is 6.92 Å². The lowest BCUT2D eigenvalue weighted by molar-refractivity contribution is -0.124. The SMILES string of the molecule is CCCc1cc(C(=O)OCC(=O)NCCc2ccc(Cl)cc2)sc1C. The monoisotopic (exact) mass is 379 g/mol. The van der Waals surface area contributed by atoms with Gasteiger partial charge < -0.3 is 10.1 Å². The van der Waals surface area contributed by atoms with Crippen molar-refractivity contribution in [2.24, 2.45) is 0 Å². The van der Waals surface area contributed by atoms with Crippen LogP contribution in [0.4, 0.5) is 0 Å². The molecule has 0 radical (unpaired) electrons. The van der Waals surface area contributed by atoms with Crippen LogP contribution in [0.1, 0.15) is 39.0 Å². The minimum atomic E-state index is -0.441. The first-order valence-corrected chi connectivity index (χ1v) is 9.46. The summed E-state index contributed by atoms with van der Waals surface area (Å²) < 4.78 is 5.10. The molecule has 0 fully saturated rings. The highest BCUT2D eigenvalue weighted by molar-refractivity contribution is 7.14. The molecule has 0 aliphatic heterocycles. The summed E-state index contributed by atoms with van der Waals surface area (Å²) in [5.74, 6) is -0.743. The van der Waals surface area contributed by atoms with E-state index < -0.39 is 5.97 Å². The first kappa shape index (κ1) is 19.5. The Balaban J connectivity index is 1.72. The Hall–Kier alpha value is -1.85. The Kier molecular flexibility index (Phi) is 7.47. The summed E-state index contributed by atoms with van der Waals surface area (Å²) in [4.78, 5) is 25.5. The number of thiophene rings is 1. The van der Waals surface area contributed by atoms with Gasteiger partial charge in [-0.05, 0) is 49.1 Å². The highest BCUT2D eigenvalue weighted by Crippen LogP contribution is 2.23. The molecule has 0 spiro atoms. The van der Waals surface area contributed by atoms with Gasteiger partial charge in [-0.2, -0.15) is 0 Å². The largest absolute Gasteiger partial charge is 0.451 e. The van der Waals surface area contributed by atoms with Crippen molar-refractivity contribution in [3.8, 4) is 0 Å². The summed E-state index contributed by atoms with van der Waals surface area (Å²) in [5.41, 5.74) is 2.26. The molecule has 0 unspecified atom stereocenters. The van der Waals surface area contributed by atoms with Gasteiger partial charge in [0.25, 0.3) is 5.91 Å². The number of aryl methyl sites for hydroxylation is 2. The predicted molar refractivity (Wildman–Crippen MR) is 101 cm³/mol. The van der Waals surface area contributed by atoms with Gasteiger partial charge in [-0.1, -0.05) is 37.1 Å². The second-order valence-electron chi connectivity index (χ2n) is 5.74. The van der Waals surface area contributed by atoms with Crippen molar-refractivity contribution in [1.82, 2.24) is 5.32 Å². The third-order valence-electron chi connectivity index (χ3n) is 3.72. The first-order valence-electron chi connectivity index (χ1n) is 8.27. The number of hydrogen-bond donors (Lipinski definition) is 1. The van der Waals surface area contributed by atoms with Gasteiger partial charge in [-0.15, -0.1) is 11.3 Å². The molecule has 0 aliphatic rings. The molecule has 0 aliphatic carbocycles. The molecule has 4 nitrogen and oxygen atoms in total. The number of rotatable bonds is 8. The molecule has 1 amide bonds. The van der Waals surface area contributed by atoms with E-state index in [9.17, 15) is 9.59 Å². The van der Waals surface area contributed by atoms with Crippen LogP contribution in [0.25, 0.3) is 0 Å². The molecule has 134 valence electrons. The van der Waals surface area contributed by atoms with Crippen LogP contribution in [0.2, 0.25) is 5.02 Å². The molecule has 0 bridgehead atoms. The third-order valence-corrected chi connectivity index (χ3v) is 5.05. The Morgan fingerprint density at radius 3 is 2.60 bits per heavy atom. The fourth-order valence-corrected chi connectivity index (χ4v) is 3.48. The van der Waals surface area contributed by atoms with Gasteiger partial charge in [-0.25, -0.2) is 4.79 Å². The highest BCUT2D eigenvalue weighted by atomic mass is 35.5. The maximum atomic E-state index is 12.0. The van der Waals surface area contributed by atoms with Crippen molar-refractivity contribution >= 4 is 34.8 Å². The zero-order valence-corrected chi connectivity index (χ0v) is 16.0. The lowest BCUT2D eigenvalue weighted by atomic mass is 10.1.